The highest BCUT2D eigenvalue weighted by atomic mass is 16.5. The Balaban J connectivity index is 1.21. The number of hydrogen-bond acceptors (Lipinski definition) is 4. The normalized spacial score (nSPS) is 22.4. The van der Waals surface area contributed by atoms with Crippen LogP contribution in [0.15, 0.2) is 48.5 Å². The van der Waals surface area contributed by atoms with Crippen molar-refractivity contribution in [3.8, 4) is 11.1 Å². The highest BCUT2D eigenvalue weighted by Crippen LogP contribution is 2.45. The van der Waals surface area contributed by atoms with Crippen LogP contribution in [-0.4, -0.2) is 52.7 Å². The summed E-state index contributed by atoms with van der Waals surface area (Å²) in [6.07, 6.45) is 2.20. The van der Waals surface area contributed by atoms with Gasteiger partial charge in [-0.05, 0) is 53.9 Å². The first-order valence-electron chi connectivity index (χ1n) is 12.0. The highest BCUT2D eigenvalue weighted by Gasteiger charge is 2.48. The summed E-state index contributed by atoms with van der Waals surface area (Å²) in [6, 6.07) is 15.5. The lowest BCUT2D eigenvalue weighted by atomic mass is 9.93. The Bertz CT molecular complexity index is 1080. The Morgan fingerprint density at radius 1 is 1.03 bits per heavy atom. The van der Waals surface area contributed by atoms with Gasteiger partial charge in [0.15, 0.2) is 0 Å². The lowest BCUT2D eigenvalue weighted by Gasteiger charge is -2.37. The number of aliphatic carboxylic acids is 1. The van der Waals surface area contributed by atoms with E-state index in [0.29, 0.717) is 25.8 Å². The molecule has 1 heterocycles. The average molecular weight is 463 g/mol. The predicted molar refractivity (Wildman–Crippen MR) is 126 cm³/mol. The van der Waals surface area contributed by atoms with Crippen LogP contribution in [0.3, 0.4) is 0 Å². The summed E-state index contributed by atoms with van der Waals surface area (Å²) in [5, 5.41) is 12.4. The first-order chi connectivity index (χ1) is 16.4. The monoisotopic (exact) mass is 462 g/mol. The maximum absolute atomic E-state index is 13.0. The third kappa shape index (κ3) is 4.27. The lowest BCUT2D eigenvalue weighted by Crippen LogP contribution is -2.52. The average Bonchev–Trinajstić information content (AvgIpc) is 3.49. The first-order valence-corrected chi connectivity index (χ1v) is 12.0. The number of nitrogens with one attached hydrogen (secondary N) is 1. The van der Waals surface area contributed by atoms with Crippen LogP contribution in [0, 0.1) is 5.92 Å². The number of benzene rings is 2. The summed E-state index contributed by atoms with van der Waals surface area (Å²) in [4.78, 5) is 38.8. The summed E-state index contributed by atoms with van der Waals surface area (Å²) in [5.74, 6) is -0.934. The van der Waals surface area contributed by atoms with Crippen molar-refractivity contribution in [3.05, 3.63) is 59.7 Å². The van der Waals surface area contributed by atoms with Crippen molar-refractivity contribution in [2.45, 2.75) is 56.5 Å². The number of carboxylic acid groups (broad SMARTS) is 1. The summed E-state index contributed by atoms with van der Waals surface area (Å²) in [7, 11) is 0. The number of piperidine rings is 1. The van der Waals surface area contributed by atoms with Crippen LogP contribution in [0.2, 0.25) is 0 Å². The van der Waals surface area contributed by atoms with E-state index in [4.69, 9.17) is 4.74 Å². The second kappa shape index (κ2) is 8.78. The molecule has 2 aliphatic carbocycles. The molecule has 2 atom stereocenters. The van der Waals surface area contributed by atoms with Gasteiger partial charge in [0.1, 0.15) is 12.6 Å². The van der Waals surface area contributed by atoms with E-state index in [-0.39, 0.29) is 30.8 Å². The van der Waals surface area contributed by atoms with Crippen LogP contribution in [0.1, 0.15) is 56.1 Å². The quantitative estimate of drug-likeness (QED) is 0.672. The van der Waals surface area contributed by atoms with Crippen LogP contribution >= 0.6 is 0 Å². The maximum atomic E-state index is 13.0. The highest BCUT2D eigenvalue weighted by molar-refractivity contribution is 5.85. The zero-order valence-electron chi connectivity index (χ0n) is 19.3. The van der Waals surface area contributed by atoms with E-state index >= 15 is 0 Å². The molecule has 2 N–H and O–H groups in total. The number of likely N-dealkylation sites (tertiary alicyclic amines) is 1. The van der Waals surface area contributed by atoms with Crippen LogP contribution in [0.5, 0.6) is 0 Å². The topological polar surface area (TPSA) is 95.9 Å². The van der Waals surface area contributed by atoms with Crippen LogP contribution in [-0.2, 0) is 14.3 Å². The Morgan fingerprint density at radius 2 is 1.65 bits per heavy atom. The maximum Gasteiger partial charge on any atom is 0.407 e. The van der Waals surface area contributed by atoms with Crippen molar-refractivity contribution in [2.24, 2.45) is 5.92 Å². The molecule has 2 aromatic carbocycles. The molecule has 2 aromatic rings. The molecule has 5 rings (SSSR count). The van der Waals surface area contributed by atoms with Gasteiger partial charge in [0.25, 0.3) is 0 Å². The number of fused-ring (bicyclic) bond motifs is 3. The summed E-state index contributed by atoms with van der Waals surface area (Å²) < 4.78 is 5.65. The number of ether oxygens (including phenoxy) is 1. The summed E-state index contributed by atoms with van der Waals surface area (Å²) >= 11 is 0. The number of alkyl carbamates (subject to hydrolysis) is 1. The molecule has 7 nitrogen and oxygen atoms in total. The SMILES string of the molecule is CC1CCC(C(=O)O)N(C(=O)CC2(NC(=O)OCC3c4ccccc4-c4ccccc43)CC2)C1. The number of hydrogen-bond donors (Lipinski definition) is 2. The van der Waals surface area contributed by atoms with E-state index in [0.717, 1.165) is 17.5 Å². The fourth-order valence-electron chi connectivity index (χ4n) is 5.42. The van der Waals surface area contributed by atoms with Crippen molar-refractivity contribution in [3.63, 3.8) is 0 Å². The standard InChI is InChI=1S/C27H30N2O5/c1-17-10-11-23(25(31)32)29(15-17)24(30)14-27(12-13-27)28-26(33)34-16-22-20-8-4-2-6-18(20)19-7-3-5-9-21(19)22/h2-9,17,22-23H,10-16H2,1H3,(H,28,33)(H,31,32). The van der Waals surface area contributed by atoms with Gasteiger partial charge >= 0.3 is 12.1 Å². The first kappa shape index (κ1) is 22.4. The van der Waals surface area contributed by atoms with Gasteiger partial charge in [-0.25, -0.2) is 9.59 Å². The molecule has 2 amide bonds. The van der Waals surface area contributed by atoms with Crippen LogP contribution in [0.4, 0.5) is 4.79 Å². The molecule has 2 unspecified atom stereocenters. The van der Waals surface area contributed by atoms with E-state index < -0.39 is 23.6 Å². The molecule has 3 aliphatic rings. The van der Waals surface area contributed by atoms with Gasteiger partial charge in [0, 0.05) is 12.5 Å². The van der Waals surface area contributed by atoms with Gasteiger partial charge in [-0.15, -0.1) is 0 Å². The fourth-order valence-corrected chi connectivity index (χ4v) is 5.42. The lowest BCUT2D eigenvalue weighted by molar-refractivity contribution is -0.153. The molecule has 2 fully saturated rings. The van der Waals surface area contributed by atoms with Crippen molar-refractivity contribution < 1.29 is 24.2 Å². The Morgan fingerprint density at radius 3 is 2.24 bits per heavy atom. The van der Waals surface area contributed by atoms with E-state index in [1.54, 1.807) is 0 Å². The van der Waals surface area contributed by atoms with Gasteiger partial charge in [0.05, 0.1) is 12.0 Å². The molecular formula is C27H30N2O5. The largest absolute Gasteiger partial charge is 0.480 e. The van der Waals surface area contributed by atoms with Gasteiger partial charge in [-0.1, -0.05) is 55.5 Å². The molecule has 34 heavy (non-hydrogen) atoms. The van der Waals surface area contributed by atoms with Crippen LogP contribution in [0.25, 0.3) is 11.1 Å². The number of carbonyl (C=O) groups is 3. The number of nitrogens with zero attached hydrogens (tertiary/aromatic N) is 1. The Labute approximate surface area is 199 Å². The van der Waals surface area contributed by atoms with Crippen molar-refractivity contribution in [1.29, 1.82) is 0 Å². The van der Waals surface area contributed by atoms with E-state index in [9.17, 15) is 19.5 Å². The third-order valence-corrected chi connectivity index (χ3v) is 7.48. The second-order valence-electron chi connectivity index (χ2n) is 9.99. The Kier molecular flexibility index (Phi) is 5.80. The summed E-state index contributed by atoms with van der Waals surface area (Å²) in [5.41, 5.74) is 3.99. The number of rotatable bonds is 6. The molecule has 1 saturated carbocycles. The number of carbonyl (C=O) groups excluding carboxylic acids is 2. The molecule has 1 aliphatic heterocycles. The molecule has 178 valence electrons. The second-order valence-corrected chi connectivity index (χ2v) is 9.99. The van der Waals surface area contributed by atoms with Crippen molar-refractivity contribution >= 4 is 18.0 Å². The molecule has 1 saturated heterocycles. The smallest absolute Gasteiger partial charge is 0.407 e. The van der Waals surface area contributed by atoms with Gasteiger partial charge < -0.3 is 20.1 Å². The van der Waals surface area contributed by atoms with Crippen LogP contribution < -0.4 is 5.32 Å². The van der Waals surface area contributed by atoms with E-state index in [1.165, 1.54) is 16.0 Å². The minimum absolute atomic E-state index is 0.0268. The Hall–Kier alpha value is -3.35. The zero-order valence-corrected chi connectivity index (χ0v) is 19.3. The predicted octanol–water partition coefficient (Wildman–Crippen LogP) is 4.16. The number of amides is 2. The zero-order chi connectivity index (χ0) is 23.9. The molecule has 0 bridgehead atoms. The van der Waals surface area contributed by atoms with Crippen molar-refractivity contribution in [2.75, 3.05) is 13.2 Å². The number of carboxylic acids is 1. The van der Waals surface area contributed by atoms with E-state index in [1.807, 2.05) is 31.2 Å². The molecule has 0 aromatic heterocycles. The van der Waals surface area contributed by atoms with Crippen molar-refractivity contribution in [1.82, 2.24) is 10.2 Å². The van der Waals surface area contributed by atoms with Gasteiger partial charge in [-0.2, -0.15) is 0 Å². The van der Waals surface area contributed by atoms with Gasteiger partial charge in [-0.3, -0.25) is 4.79 Å². The summed E-state index contributed by atoms with van der Waals surface area (Å²) in [6.45, 7) is 2.69. The molecule has 0 radical (unpaired) electrons. The third-order valence-electron chi connectivity index (χ3n) is 7.48. The molecular weight excluding hydrogens is 432 g/mol. The minimum atomic E-state index is -0.963. The molecule has 7 heteroatoms. The van der Waals surface area contributed by atoms with Gasteiger partial charge in [0.2, 0.25) is 5.91 Å². The van der Waals surface area contributed by atoms with E-state index in [2.05, 4.69) is 29.6 Å². The minimum Gasteiger partial charge on any atom is -0.480 e. The molecule has 0 spiro atoms. The fraction of sp³-hybridized carbons (Fsp3) is 0.444.